The molecule has 1 aliphatic heterocycles. The predicted molar refractivity (Wildman–Crippen MR) is 119 cm³/mol. The summed E-state index contributed by atoms with van der Waals surface area (Å²) in [4.78, 5) is 41.4. The summed E-state index contributed by atoms with van der Waals surface area (Å²) in [7, 11) is 0. The number of carbonyl (C=O) groups is 3. The number of ether oxygens (including phenoxy) is 2. The van der Waals surface area contributed by atoms with E-state index in [-0.39, 0.29) is 30.6 Å². The van der Waals surface area contributed by atoms with Crippen LogP contribution < -0.4 is 10.6 Å². The van der Waals surface area contributed by atoms with Crippen LogP contribution in [0.2, 0.25) is 0 Å². The maximum Gasteiger partial charge on any atom is 0.310 e. The Morgan fingerprint density at radius 2 is 2.06 bits per heavy atom. The zero-order valence-corrected chi connectivity index (χ0v) is 18.8. The molecule has 1 aliphatic rings. The second kappa shape index (κ2) is 11.0. The summed E-state index contributed by atoms with van der Waals surface area (Å²) in [5.74, 6) is -1.43. The maximum absolute atomic E-state index is 12.9. The molecule has 0 unspecified atom stereocenters. The number of hydrogen-bond acceptors (Lipinski definition) is 6. The maximum atomic E-state index is 12.9. The predicted octanol–water partition coefficient (Wildman–Crippen LogP) is 2.35. The fraction of sp³-hybridized carbons (Fsp3) is 0.500. The Hall–Kier alpha value is -3.00. The summed E-state index contributed by atoms with van der Waals surface area (Å²) in [5.41, 5.74) is 2.04. The number of cyclic esters (lactones) is 1. The van der Waals surface area contributed by atoms with Gasteiger partial charge in [0.05, 0.1) is 11.9 Å². The molecule has 0 radical (unpaired) electrons. The van der Waals surface area contributed by atoms with Crippen LogP contribution in [-0.2, 0) is 30.3 Å². The average Bonchev–Trinajstić information content (AvgIpc) is 3.10. The minimum absolute atomic E-state index is 0.0477. The van der Waals surface area contributed by atoms with E-state index in [4.69, 9.17) is 9.47 Å². The van der Waals surface area contributed by atoms with Gasteiger partial charge in [-0.25, -0.2) is 0 Å². The van der Waals surface area contributed by atoms with E-state index in [1.54, 1.807) is 13.1 Å². The van der Waals surface area contributed by atoms with Gasteiger partial charge in [-0.05, 0) is 37.0 Å². The van der Waals surface area contributed by atoms with Crippen molar-refractivity contribution in [3.63, 3.8) is 0 Å². The van der Waals surface area contributed by atoms with Gasteiger partial charge in [0.25, 0.3) is 0 Å². The van der Waals surface area contributed by atoms with Crippen molar-refractivity contribution >= 4 is 28.7 Å². The molecule has 2 N–H and O–H groups in total. The van der Waals surface area contributed by atoms with Crippen LogP contribution in [0.25, 0.3) is 10.9 Å². The molecule has 3 atom stereocenters. The molecule has 1 fully saturated rings. The summed E-state index contributed by atoms with van der Waals surface area (Å²) < 4.78 is 10.5. The molecule has 8 heteroatoms. The minimum Gasteiger partial charge on any atom is -0.433 e. The Labute approximate surface area is 188 Å². The second-order valence-corrected chi connectivity index (χ2v) is 8.27. The molecular weight excluding hydrogens is 410 g/mol. The van der Waals surface area contributed by atoms with Crippen molar-refractivity contribution in [3.8, 4) is 0 Å². The molecule has 172 valence electrons. The number of aromatic nitrogens is 1. The smallest absolute Gasteiger partial charge is 0.310 e. The molecule has 2 aromatic rings. The lowest BCUT2D eigenvalue weighted by Crippen LogP contribution is -2.46. The molecule has 1 aromatic heterocycles. The van der Waals surface area contributed by atoms with Gasteiger partial charge in [-0.1, -0.05) is 32.0 Å². The number of nitrogens with one attached hydrogen (secondary N) is 2. The molecule has 0 spiro atoms. The molecule has 32 heavy (non-hydrogen) atoms. The standard InChI is InChI=1S/C24H31N3O5/c1-4-31-24-20(14-22(29)32-24)27-23(30)18(15(2)3)13-21(28)26-12-10-16-7-5-9-19-17(16)8-6-11-25-19/h5-9,11,15,18,20,24H,4,10,12-14H2,1-3H3,(H,26,28)(H,27,30)/t18-,20-,24+/m0/s1. The number of pyridine rings is 1. The van der Waals surface area contributed by atoms with Crippen LogP contribution in [-0.4, -0.2) is 48.3 Å². The third-order valence-corrected chi connectivity index (χ3v) is 5.62. The van der Waals surface area contributed by atoms with Gasteiger partial charge < -0.3 is 20.1 Å². The van der Waals surface area contributed by atoms with E-state index in [1.165, 1.54) is 0 Å². The summed E-state index contributed by atoms with van der Waals surface area (Å²) in [6.07, 6.45) is 1.78. The van der Waals surface area contributed by atoms with Crippen molar-refractivity contribution in [3.05, 3.63) is 42.1 Å². The van der Waals surface area contributed by atoms with Crippen LogP contribution in [0.3, 0.4) is 0 Å². The normalized spacial score (nSPS) is 19.1. The van der Waals surface area contributed by atoms with Crippen molar-refractivity contribution in [2.75, 3.05) is 13.2 Å². The van der Waals surface area contributed by atoms with E-state index < -0.39 is 24.2 Å². The molecule has 1 saturated heterocycles. The Balaban J connectivity index is 1.53. The van der Waals surface area contributed by atoms with Crippen LogP contribution in [0.1, 0.15) is 39.2 Å². The van der Waals surface area contributed by atoms with Gasteiger partial charge in [-0.2, -0.15) is 0 Å². The number of nitrogens with zero attached hydrogens (tertiary/aromatic N) is 1. The van der Waals surface area contributed by atoms with Crippen molar-refractivity contribution in [1.82, 2.24) is 15.6 Å². The van der Waals surface area contributed by atoms with Crippen molar-refractivity contribution in [1.29, 1.82) is 0 Å². The van der Waals surface area contributed by atoms with Crippen LogP contribution in [0.15, 0.2) is 36.5 Å². The molecule has 2 heterocycles. The second-order valence-electron chi connectivity index (χ2n) is 8.27. The molecule has 0 bridgehead atoms. The molecule has 3 rings (SSSR count). The van der Waals surface area contributed by atoms with Crippen LogP contribution in [0.4, 0.5) is 0 Å². The van der Waals surface area contributed by atoms with Gasteiger partial charge in [0.15, 0.2) is 0 Å². The lowest BCUT2D eigenvalue weighted by atomic mass is 9.91. The van der Waals surface area contributed by atoms with Crippen molar-refractivity contribution in [2.45, 2.75) is 52.4 Å². The van der Waals surface area contributed by atoms with Crippen LogP contribution in [0, 0.1) is 11.8 Å². The zero-order chi connectivity index (χ0) is 23.1. The number of carbonyl (C=O) groups excluding carboxylic acids is 3. The minimum atomic E-state index is -0.784. The summed E-state index contributed by atoms with van der Waals surface area (Å²) in [6.45, 7) is 6.43. The fourth-order valence-electron chi connectivity index (χ4n) is 3.88. The number of rotatable bonds is 10. The molecule has 0 aliphatic carbocycles. The first kappa shape index (κ1) is 23.7. The number of fused-ring (bicyclic) bond motifs is 1. The molecule has 2 amide bonds. The first-order chi connectivity index (χ1) is 15.4. The summed E-state index contributed by atoms with van der Waals surface area (Å²) >= 11 is 0. The van der Waals surface area contributed by atoms with E-state index in [2.05, 4.69) is 15.6 Å². The average molecular weight is 442 g/mol. The number of amides is 2. The lowest BCUT2D eigenvalue weighted by molar-refractivity contribution is -0.164. The SMILES string of the molecule is CCO[C@@H]1OC(=O)C[C@@H]1NC(=O)[C@@H](CC(=O)NCCc1cccc2ncccc12)C(C)C. The Bertz CT molecular complexity index is 956. The Morgan fingerprint density at radius 3 is 2.81 bits per heavy atom. The molecule has 8 nitrogen and oxygen atoms in total. The van der Waals surface area contributed by atoms with Gasteiger partial charge in [-0.3, -0.25) is 19.4 Å². The zero-order valence-electron chi connectivity index (χ0n) is 18.8. The van der Waals surface area contributed by atoms with Crippen molar-refractivity contribution in [2.24, 2.45) is 11.8 Å². The van der Waals surface area contributed by atoms with Crippen LogP contribution in [0.5, 0.6) is 0 Å². The lowest BCUT2D eigenvalue weighted by Gasteiger charge is -2.24. The highest BCUT2D eigenvalue weighted by atomic mass is 16.7. The Morgan fingerprint density at radius 1 is 1.25 bits per heavy atom. The van der Waals surface area contributed by atoms with Crippen LogP contribution >= 0.6 is 0 Å². The first-order valence-electron chi connectivity index (χ1n) is 11.1. The van der Waals surface area contributed by atoms with Gasteiger partial charge in [-0.15, -0.1) is 0 Å². The first-order valence-corrected chi connectivity index (χ1v) is 11.1. The van der Waals surface area contributed by atoms with E-state index in [0.29, 0.717) is 19.6 Å². The summed E-state index contributed by atoms with van der Waals surface area (Å²) in [5, 5.41) is 6.83. The topological polar surface area (TPSA) is 107 Å². The highest BCUT2D eigenvalue weighted by Crippen LogP contribution is 2.21. The van der Waals surface area contributed by atoms with Gasteiger partial charge in [0, 0.05) is 37.1 Å². The number of hydrogen-bond donors (Lipinski definition) is 2. The third-order valence-electron chi connectivity index (χ3n) is 5.62. The van der Waals surface area contributed by atoms with Gasteiger partial charge >= 0.3 is 5.97 Å². The number of esters is 1. The van der Waals surface area contributed by atoms with E-state index in [9.17, 15) is 14.4 Å². The Kier molecular flexibility index (Phi) is 8.16. The fourth-order valence-corrected chi connectivity index (χ4v) is 3.88. The van der Waals surface area contributed by atoms with Crippen molar-refractivity contribution < 1.29 is 23.9 Å². The largest absolute Gasteiger partial charge is 0.433 e. The highest BCUT2D eigenvalue weighted by Gasteiger charge is 2.38. The summed E-state index contributed by atoms with van der Waals surface area (Å²) in [6, 6.07) is 9.32. The van der Waals surface area contributed by atoms with Gasteiger partial charge in [0.1, 0.15) is 6.04 Å². The van der Waals surface area contributed by atoms with E-state index in [1.807, 2.05) is 44.2 Å². The highest BCUT2D eigenvalue weighted by molar-refractivity contribution is 5.87. The van der Waals surface area contributed by atoms with E-state index >= 15 is 0 Å². The third kappa shape index (κ3) is 6.03. The van der Waals surface area contributed by atoms with E-state index in [0.717, 1.165) is 16.5 Å². The molecule has 1 aromatic carbocycles. The number of benzene rings is 1. The van der Waals surface area contributed by atoms with Gasteiger partial charge in [0.2, 0.25) is 18.1 Å². The molecule has 0 saturated carbocycles. The quantitative estimate of drug-likeness (QED) is 0.548. The monoisotopic (exact) mass is 441 g/mol. The molecular formula is C24H31N3O5.